The minimum absolute atomic E-state index is 0. The van der Waals surface area contributed by atoms with Crippen molar-refractivity contribution in [2.75, 3.05) is 0 Å². The van der Waals surface area contributed by atoms with Gasteiger partial charge in [0.1, 0.15) is 0 Å². The first-order chi connectivity index (χ1) is 3.84. The van der Waals surface area contributed by atoms with E-state index in [4.69, 9.17) is 0 Å². The minimum atomic E-state index is 0. The molecule has 0 unspecified atom stereocenters. The Labute approximate surface area is 79.8 Å². The number of hydrogen-bond acceptors (Lipinski definition) is 0. The molecular formula is C8H6U. The van der Waals surface area contributed by atoms with Crippen molar-refractivity contribution in [1.29, 1.82) is 0 Å². The van der Waals surface area contributed by atoms with Crippen LogP contribution in [0.5, 0.6) is 0 Å². The van der Waals surface area contributed by atoms with Crippen molar-refractivity contribution < 1.29 is 31.1 Å². The predicted molar refractivity (Wildman–Crippen MR) is 33.6 cm³/mol. The molecule has 0 aliphatic heterocycles. The first-order valence-electron chi connectivity index (χ1n) is 2.41. The molecule has 0 aromatic carbocycles. The van der Waals surface area contributed by atoms with Crippen LogP contribution in [0.1, 0.15) is 6.42 Å². The Hall–Kier alpha value is -0.0381. The van der Waals surface area contributed by atoms with Gasteiger partial charge >= 0.3 is 31.1 Å². The van der Waals surface area contributed by atoms with Gasteiger partial charge in [0.2, 0.25) is 0 Å². The van der Waals surface area contributed by atoms with E-state index in [1.807, 2.05) is 0 Å². The van der Waals surface area contributed by atoms with E-state index in [-0.39, 0.29) is 31.1 Å². The molecule has 0 spiro atoms. The number of hydrogen-bond donors (Lipinski definition) is 0. The fourth-order valence-corrected chi connectivity index (χ4v) is 0.421. The van der Waals surface area contributed by atoms with E-state index in [0.717, 1.165) is 17.9 Å². The molecule has 0 radical (unpaired) electrons. The first-order valence-corrected chi connectivity index (χ1v) is 2.41. The predicted octanol–water partition coefficient (Wildman–Crippen LogP) is 1.51. The molecule has 1 fully saturated rings. The van der Waals surface area contributed by atoms with Gasteiger partial charge in [-0.15, -0.1) is 0 Å². The fourth-order valence-electron chi connectivity index (χ4n) is 0.421. The zero-order valence-electron chi connectivity index (χ0n) is 5.12. The Balaban J connectivity index is 0.000000640. The Kier molecular flexibility index (Phi) is 3.87. The van der Waals surface area contributed by atoms with Crippen molar-refractivity contribution in [3.05, 3.63) is 30.7 Å². The smallest absolute Gasteiger partial charge is 0.450 e. The van der Waals surface area contributed by atoms with E-state index < -0.39 is 0 Å². The molecule has 1 heteroatoms. The summed E-state index contributed by atoms with van der Waals surface area (Å²) >= 11 is 0. The summed E-state index contributed by atoms with van der Waals surface area (Å²) in [6.07, 6.45) is 3.48. The molecule has 0 bridgehead atoms. The third-order valence-corrected chi connectivity index (χ3v) is 0.994. The van der Waals surface area contributed by atoms with Crippen molar-refractivity contribution in [3.8, 4) is 11.8 Å². The van der Waals surface area contributed by atoms with E-state index in [1.165, 1.54) is 0 Å². The number of allylic oxidation sites excluding steroid dienone is 2. The average molecular weight is 340 g/mol. The van der Waals surface area contributed by atoms with Gasteiger partial charge in [0.05, 0.1) is 0 Å². The molecule has 0 N–H and O–H groups in total. The third kappa shape index (κ3) is 2.85. The Bertz CT molecular complexity index is 180. The van der Waals surface area contributed by atoms with Gasteiger partial charge in [-0.2, -0.15) is 18.7 Å². The molecule has 0 aromatic rings. The molecule has 0 nitrogen and oxygen atoms in total. The summed E-state index contributed by atoms with van der Waals surface area (Å²) in [6.45, 7) is 7.06. The van der Waals surface area contributed by atoms with Crippen LogP contribution in [-0.4, -0.2) is 0 Å². The summed E-state index contributed by atoms with van der Waals surface area (Å²) in [5, 5.41) is 0. The summed E-state index contributed by atoms with van der Waals surface area (Å²) in [5.74, 6) is 6.64. The normalized spacial score (nSPS) is 12.9. The van der Waals surface area contributed by atoms with E-state index in [9.17, 15) is 0 Å². The quantitative estimate of drug-likeness (QED) is 0.463. The molecule has 42 valence electrons. The molecule has 0 aromatic heterocycles. The summed E-state index contributed by atoms with van der Waals surface area (Å²) in [7, 11) is 0. The fraction of sp³-hybridized carbons (Fsp3) is 0.125. The molecule has 1 rings (SSSR count). The van der Waals surface area contributed by atoms with Gasteiger partial charge < -0.3 is 11.8 Å². The standard InChI is InChI=1S/C8H6.U/c1-3-4-5-8-6-7(8)2;/h1-2,6H2;/q-2;+2. The summed E-state index contributed by atoms with van der Waals surface area (Å²) in [4.78, 5) is 0. The molecule has 1 saturated carbocycles. The molecule has 9 heavy (non-hydrogen) atoms. The third-order valence-electron chi connectivity index (χ3n) is 0.994. The van der Waals surface area contributed by atoms with Crippen LogP contribution >= 0.6 is 0 Å². The van der Waals surface area contributed by atoms with Crippen LogP contribution in [0.4, 0.5) is 0 Å². The zero-order valence-corrected chi connectivity index (χ0v) is 9.29. The Morgan fingerprint density at radius 3 is 2.56 bits per heavy atom. The van der Waals surface area contributed by atoms with E-state index in [0.29, 0.717) is 0 Å². The maximum atomic E-state index is 3.71. The van der Waals surface area contributed by atoms with Crippen LogP contribution in [0.25, 0.3) is 0 Å². The average Bonchev–Trinajstić information content (AvgIpc) is 2.42. The second-order valence-corrected chi connectivity index (χ2v) is 1.69. The van der Waals surface area contributed by atoms with E-state index in [2.05, 4.69) is 31.1 Å². The van der Waals surface area contributed by atoms with Gasteiger partial charge in [-0.25, -0.2) is 5.92 Å². The van der Waals surface area contributed by atoms with Crippen molar-refractivity contribution in [3.63, 3.8) is 0 Å². The van der Waals surface area contributed by atoms with Crippen LogP contribution in [0.3, 0.4) is 0 Å². The van der Waals surface area contributed by atoms with Crippen LogP contribution in [0, 0.1) is 54.9 Å². The maximum Gasteiger partial charge on any atom is 2.00 e. The maximum absolute atomic E-state index is 3.71. The van der Waals surface area contributed by atoms with Gasteiger partial charge in [-0.3, -0.25) is 6.08 Å². The molecule has 1 aliphatic carbocycles. The van der Waals surface area contributed by atoms with Gasteiger partial charge in [0.15, 0.2) is 0 Å². The second kappa shape index (κ2) is 3.89. The SMILES string of the molecule is C=[C-]C#C[C-]1CC1=C.[U+2]. The van der Waals surface area contributed by atoms with E-state index in [1.54, 1.807) is 0 Å². The monoisotopic (exact) mass is 340 g/mol. The molecule has 0 heterocycles. The minimum Gasteiger partial charge on any atom is -0.450 e. The Morgan fingerprint density at radius 1 is 1.67 bits per heavy atom. The summed E-state index contributed by atoms with van der Waals surface area (Å²) < 4.78 is 0. The second-order valence-electron chi connectivity index (χ2n) is 1.69. The van der Waals surface area contributed by atoms with Gasteiger partial charge in [0.25, 0.3) is 0 Å². The summed E-state index contributed by atoms with van der Waals surface area (Å²) in [6, 6.07) is 0. The zero-order chi connectivity index (χ0) is 5.98. The first kappa shape index (κ1) is 8.96. The summed E-state index contributed by atoms with van der Waals surface area (Å²) in [5.41, 5.74) is 1.16. The van der Waals surface area contributed by atoms with Crippen molar-refractivity contribution >= 4 is 0 Å². The molecule has 0 atom stereocenters. The Morgan fingerprint density at radius 2 is 2.22 bits per heavy atom. The molecular weight excluding hydrogens is 334 g/mol. The van der Waals surface area contributed by atoms with Crippen molar-refractivity contribution in [1.82, 2.24) is 0 Å². The van der Waals surface area contributed by atoms with Crippen LogP contribution < -0.4 is 0 Å². The molecule has 1 aliphatic rings. The van der Waals surface area contributed by atoms with Gasteiger partial charge in [-0.1, -0.05) is 6.42 Å². The van der Waals surface area contributed by atoms with Crippen molar-refractivity contribution in [2.24, 2.45) is 0 Å². The molecule has 0 amide bonds. The topological polar surface area (TPSA) is 0 Å². The molecule has 0 saturated heterocycles. The van der Waals surface area contributed by atoms with Gasteiger partial charge in [0, 0.05) is 0 Å². The largest absolute Gasteiger partial charge is 2.00 e. The van der Waals surface area contributed by atoms with Crippen LogP contribution in [-0.2, 0) is 0 Å². The van der Waals surface area contributed by atoms with Crippen LogP contribution in [0.15, 0.2) is 18.7 Å². The van der Waals surface area contributed by atoms with Crippen molar-refractivity contribution in [2.45, 2.75) is 6.42 Å². The number of rotatable bonds is 0. The van der Waals surface area contributed by atoms with Gasteiger partial charge in [-0.05, 0) is 0 Å². The van der Waals surface area contributed by atoms with Crippen LogP contribution in [0.2, 0.25) is 0 Å². The van der Waals surface area contributed by atoms with E-state index >= 15 is 0 Å².